The molecule has 3 amide bonds. The Balaban J connectivity index is 1.60. The summed E-state index contributed by atoms with van der Waals surface area (Å²) >= 11 is 5.91. The molecule has 4 rings (SSSR count). The predicted molar refractivity (Wildman–Crippen MR) is 169 cm³/mol. The number of halogens is 1. The molecular weight excluding hydrogens is 608 g/mol. The van der Waals surface area contributed by atoms with Crippen molar-refractivity contribution in [1.29, 1.82) is 0 Å². The Hall–Kier alpha value is -4.00. The van der Waals surface area contributed by atoms with E-state index in [1.165, 1.54) is 29.2 Å². The van der Waals surface area contributed by atoms with Crippen LogP contribution in [0, 0.1) is 5.92 Å². The van der Waals surface area contributed by atoms with Crippen molar-refractivity contribution in [3.05, 3.63) is 77.3 Å². The number of aliphatic hydroxyl groups is 1. The molecule has 0 unspecified atom stereocenters. The fraction of sp³-hybridized carbons (Fsp3) is 0.355. The summed E-state index contributed by atoms with van der Waals surface area (Å²) < 4.78 is 40.2. The SMILES string of the molecule is COc1ccc(NC(=O)N(C)C[C@@H]2Oc3ccc(NS(=O)(=O)c4ccc(Cl)cc4)cc3CC(=O)N([C@H](C)CO)C[C@@H]2C)cc1. The van der Waals surface area contributed by atoms with E-state index in [1.807, 2.05) is 6.92 Å². The van der Waals surface area contributed by atoms with E-state index in [4.69, 9.17) is 21.1 Å². The van der Waals surface area contributed by atoms with E-state index in [0.717, 1.165) is 0 Å². The van der Waals surface area contributed by atoms with E-state index in [1.54, 1.807) is 68.4 Å². The number of likely N-dealkylation sites (N-methyl/N-ethyl adjacent to an activating group) is 1. The van der Waals surface area contributed by atoms with Gasteiger partial charge in [-0.25, -0.2) is 13.2 Å². The van der Waals surface area contributed by atoms with Gasteiger partial charge in [0.15, 0.2) is 0 Å². The fourth-order valence-electron chi connectivity index (χ4n) is 4.78. The van der Waals surface area contributed by atoms with Gasteiger partial charge in [-0.2, -0.15) is 0 Å². The number of amides is 3. The number of rotatable bonds is 9. The standard InChI is InChI=1S/C31H37ClN4O7S/c1-20-17-36(21(2)19-37)30(38)16-22-15-25(34-44(40,41)27-12-5-23(32)6-13-27)9-14-28(22)43-29(20)18-35(3)31(39)33-24-7-10-26(42-4)11-8-24/h5-15,20-21,29,34,37H,16-19H2,1-4H3,(H,33,39)/t20-,21+,29-/m0/s1. The summed E-state index contributed by atoms with van der Waals surface area (Å²) in [6, 6.07) is 16.7. The van der Waals surface area contributed by atoms with Crippen LogP contribution < -0.4 is 19.5 Å². The molecule has 3 aromatic carbocycles. The van der Waals surface area contributed by atoms with Crippen molar-refractivity contribution < 1.29 is 32.6 Å². The minimum atomic E-state index is -3.93. The monoisotopic (exact) mass is 644 g/mol. The van der Waals surface area contributed by atoms with Gasteiger partial charge < -0.3 is 29.7 Å². The van der Waals surface area contributed by atoms with Crippen molar-refractivity contribution in [3.63, 3.8) is 0 Å². The number of anilines is 2. The first-order valence-corrected chi connectivity index (χ1v) is 15.9. The van der Waals surface area contributed by atoms with Crippen LogP contribution in [-0.4, -0.2) is 81.3 Å². The van der Waals surface area contributed by atoms with Crippen molar-refractivity contribution in [3.8, 4) is 11.5 Å². The van der Waals surface area contributed by atoms with Gasteiger partial charge in [0.25, 0.3) is 10.0 Å². The molecule has 1 aliphatic rings. The van der Waals surface area contributed by atoms with Crippen LogP contribution in [-0.2, 0) is 21.2 Å². The summed E-state index contributed by atoms with van der Waals surface area (Å²) in [7, 11) is -0.719. The van der Waals surface area contributed by atoms with Crippen molar-refractivity contribution in [2.24, 2.45) is 5.92 Å². The third-order valence-corrected chi connectivity index (χ3v) is 9.08. The maximum Gasteiger partial charge on any atom is 0.321 e. The number of hydrogen-bond acceptors (Lipinski definition) is 7. The van der Waals surface area contributed by atoms with Crippen LogP contribution in [0.1, 0.15) is 19.4 Å². The number of nitrogens with zero attached hydrogens (tertiary/aromatic N) is 2. The lowest BCUT2D eigenvalue weighted by atomic mass is 10.0. The Bertz CT molecular complexity index is 1570. The van der Waals surface area contributed by atoms with Crippen molar-refractivity contribution >= 4 is 44.9 Å². The van der Waals surface area contributed by atoms with Gasteiger partial charge in [-0.3, -0.25) is 9.52 Å². The molecule has 1 heterocycles. The zero-order chi connectivity index (χ0) is 32.0. The number of urea groups is 1. The van der Waals surface area contributed by atoms with E-state index in [2.05, 4.69) is 10.0 Å². The number of hydrogen-bond donors (Lipinski definition) is 3. The van der Waals surface area contributed by atoms with Gasteiger partial charge in [0, 0.05) is 41.5 Å². The molecule has 13 heteroatoms. The zero-order valence-corrected chi connectivity index (χ0v) is 26.6. The highest BCUT2D eigenvalue weighted by molar-refractivity contribution is 7.92. The third kappa shape index (κ3) is 8.13. The molecule has 3 N–H and O–H groups in total. The van der Waals surface area contributed by atoms with Crippen molar-refractivity contribution in [2.75, 3.05) is 43.9 Å². The Morgan fingerprint density at radius 2 is 1.80 bits per heavy atom. The molecule has 3 aromatic rings. The topological polar surface area (TPSA) is 138 Å². The summed E-state index contributed by atoms with van der Waals surface area (Å²) in [5.74, 6) is 0.581. The second-order valence-electron chi connectivity index (χ2n) is 10.8. The highest BCUT2D eigenvalue weighted by Crippen LogP contribution is 2.30. The Labute approximate surface area is 262 Å². The molecule has 44 heavy (non-hydrogen) atoms. The smallest absolute Gasteiger partial charge is 0.321 e. The van der Waals surface area contributed by atoms with E-state index < -0.39 is 22.2 Å². The zero-order valence-electron chi connectivity index (χ0n) is 25.0. The third-order valence-electron chi connectivity index (χ3n) is 7.43. The van der Waals surface area contributed by atoms with Crippen LogP contribution in [0.5, 0.6) is 11.5 Å². The Morgan fingerprint density at radius 1 is 1.14 bits per heavy atom. The van der Waals surface area contributed by atoms with Crippen LogP contribution in [0.2, 0.25) is 5.02 Å². The number of aliphatic hydroxyl groups excluding tert-OH is 1. The van der Waals surface area contributed by atoms with Gasteiger partial charge in [-0.1, -0.05) is 18.5 Å². The molecule has 0 spiro atoms. The maximum absolute atomic E-state index is 13.5. The lowest BCUT2D eigenvalue weighted by molar-refractivity contribution is -0.134. The van der Waals surface area contributed by atoms with E-state index in [0.29, 0.717) is 27.8 Å². The molecule has 0 saturated heterocycles. The normalized spacial score (nSPS) is 17.7. The van der Waals surface area contributed by atoms with Crippen LogP contribution in [0.4, 0.5) is 16.2 Å². The first-order valence-electron chi connectivity index (χ1n) is 14.0. The van der Waals surface area contributed by atoms with E-state index >= 15 is 0 Å². The molecule has 0 saturated carbocycles. The molecule has 0 radical (unpaired) electrons. The molecule has 0 fully saturated rings. The Morgan fingerprint density at radius 3 is 2.43 bits per heavy atom. The van der Waals surface area contributed by atoms with Gasteiger partial charge >= 0.3 is 6.03 Å². The molecule has 3 atom stereocenters. The number of fused-ring (bicyclic) bond motifs is 1. The van der Waals surface area contributed by atoms with Crippen LogP contribution in [0.3, 0.4) is 0 Å². The summed E-state index contributed by atoms with van der Waals surface area (Å²) in [5.41, 5.74) is 1.31. The predicted octanol–water partition coefficient (Wildman–Crippen LogP) is 4.46. The fourth-order valence-corrected chi connectivity index (χ4v) is 5.96. The summed E-state index contributed by atoms with van der Waals surface area (Å²) in [5, 5.41) is 13.2. The minimum absolute atomic E-state index is 0.0329. The molecule has 1 aliphatic heterocycles. The number of sulfonamides is 1. The highest BCUT2D eigenvalue weighted by Gasteiger charge is 2.32. The van der Waals surface area contributed by atoms with Crippen LogP contribution >= 0.6 is 11.6 Å². The maximum atomic E-state index is 13.5. The molecular formula is C31H37ClN4O7S. The number of benzene rings is 3. The second kappa shape index (κ2) is 14.2. The van der Waals surface area contributed by atoms with Gasteiger partial charge in [0.05, 0.1) is 37.6 Å². The second-order valence-corrected chi connectivity index (χ2v) is 12.9. The summed E-state index contributed by atoms with van der Waals surface area (Å²) in [4.78, 5) is 29.7. The van der Waals surface area contributed by atoms with Crippen LogP contribution in [0.25, 0.3) is 0 Å². The average Bonchev–Trinajstić information content (AvgIpc) is 3.04. The lowest BCUT2D eigenvalue weighted by Gasteiger charge is -2.34. The molecule has 0 bridgehead atoms. The van der Waals surface area contributed by atoms with Crippen molar-refractivity contribution in [1.82, 2.24) is 9.80 Å². The van der Waals surface area contributed by atoms with E-state index in [9.17, 15) is 23.1 Å². The quantitative estimate of drug-likeness (QED) is 0.313. The summed E-state index contributed by atoms with van der Waals surface area (Å²) in [6.45, 7) is 3.91. The highest BCUT2D eigenvalue weighted by atomic mass is 35.5. The molecule has 11 nitrogen and oxygen atoms in total. The molecule has 0 aromatic heterocycles. The first-order chi connectivity index (χ1) is 20.9. The number of carbonyl (C=O) groups is 2. The minimum Gasteiger partial charge on any atom is -0.497 e. The number of carbonyl (C=O) groups excluding carboxylic acids is 2. The first kappa shape index (κ1) is 32.9. The number of ether oxygens (including phenoxy) is 2. The van der Waals surface area contributed by atoms with E-state index in [-0.39, 0.29) is 54.6 Å². The molecule has 236 valence electrons. The van der Waals surface area contributed by atoms with Gasteiger partial charge in [-0.05, 0) is 73.7 Å². The largest absolute Gasteiger partial charge is 0.497 e. The summed E-state index contributed by atoms with van der Waals surface area (Å²) in [6.07, 6.45) is -0.625. The lowest BCUT2D eigenvalue weighted by Crippen LogP contribution is -2.48. The Kier molecular flexibility index (Phi) is 10.6. The number of methoxy groups -OCH3 is 1. The van der Waals surface area contributed by atoms with Gasteiger partial charge in [0.2, 0.25) is 5.91 Å². The van der Waals surface area contributed by atoms with Crippen molar-refractivity contribution in [2.45, 2.75) is 37.3 Å². The van der Waals surface area contributed by atoms with Gasteiger partial charge in [0.1, 0.15) is 17.6 Å². The average molecular weight is 645 g/mol. The van der Waals surface area contributed by atoms with Gasteiger partial charge in [-0.15, -0.1) is 0 Å². The van der Waals surface area contributed by atoms with Crippen LogP contribution in [0.15, 0.2) is 71.6 Å². The number of nitrogens with one attached hydrogen (secondary N) is 2. The molecule has 0 aliphatic carbocycles.